The second-order valence-electron chi connectivity index (χ2n) is 8.37. The Labute approximate surface area is 229 Å². The van der Waals surface area contributed by atoms with E-state index in [4.69, 9.17) is 26.2 Å². The summed E-state index contributed by atoms with van der Waals surface area (Å²) in [5.41, 5.74) is 0.999. The fourth-order valence-corrected chi connectivity index (χ4v) is 5.41. The number of halogens is 1. The molecule has 1 aliphatic rings. The summed E-state index contributed by atoms with van der Waals surface area (Å²) in [6, 6.07) is 16.7. The smallest absolute Gasteiger partial charge is 0.330 e. The van der Waals surface area contributed by atoms with Gasteiger partial charge in [0.15, 0.2) is 5.60 Å². The second-order valence-corrected chi connectivity index (χ2v) is 10.4. The molecule has 0 fully saturated rings. The molecule has 1 aliphatic heterocycles. The highest BCUT2D eigenvalue weighted by Crippen LogP contribution is 2.37. The molecule has 0 N–H and O–H groups in total. The molecule has 1 unspecified atom stereocenters. The van der Waals surface area contributed by atoms with Crippen molar-refractivity contribution < 1.29 is 22.7 Å². The fraction of sp³-hybridized carbons (Fsp3) is 0.370. The summed E-state index contributed by atoms with van der Waals surface area (Å²) in [6.45, 7) is 7.97. The summed E-state index contributed by atoms with van der Waals surface area (Å²) in [7, 11) is -3.90. The van der Waals surface area contributed by atoms with Gasteiger partial charge in [-0.2, -0.15) is 17.8 Å². The van der Waals surface area contributed by atoms with Gasteiger partial charge in [-0.15, -0.1) is 4.40 Å². The van der Waals surface area contributed by atoms with Crippen LogP contribution in [0.25, 0.3) is 0 Å². The van der Waals surface area contributed by atoms with Crippen LogP contribution in [0.5, 0.6) is 0 Å². The van der Waals surface area contributed by atoms with Crippen LogP contribution in [0.3, 0.4) is 0 Å². The van der Waals surface area contributed by atoms with Crippen LogP contribution in [-0.4, -0.2) is 68.1 Å². The van der Waals surface area contributed by atoms with Gasteiger partial charge in [0.1, 0.15) is 11.5 Å². The number of rotatable bonds is 11. The molecule has 9 nitrogen and oxygen atoms in total. The number of amidine groups is 1. The van der Waals surface area contributed by atoms with Gasteiger partial charge >= 0.3 is 16.2 Å². The van der Waals surface area contributed by atoms with E-state index in [-0.39, 0.29) is 25.6 Å². The van der Waals surface area contributed by atoms with E-state index in [1.807, 2.05) is 42.5 Å². The highest BCUT2D eigenvalue weighted by Gasteiger charge is 2.47. The van der Waals surface area contributed by atoms with Crippen LogP contribution in [-0.2, 0) is 30.1 Å². The molecule has 0 aliphatic carbocycles. The number of ether oxygens (including phenoxy) is 2. The summed E-state index contributed by atoms with van der Waals surface area (Å²) in [6.07, 6.45) is 2.90. The van der Waals surface area contributed by atoms with Crippen LogP contribution >= 0.6 is 11.6 Å². The third-order valence-corrected chi connectivity index (χ3v) is 7.87. The summed E-state index contributed by atoms with van der Waals surface area (Å²) in [5.74, 6) is -0.263. The van der Waals surface area contributed by atoms with E-state index in [2.05, 4.69) is 4.40 Å². The van der Waals surface area contributed by atoms with Gasteiger partial charge in [-0.25, -0.2) is 9.80 Å². The molecule has 3 rings (SSSR count). The quantitative estimate of drug-likeness (QED) is 0.175. The number of hydrogen-bond acceptors (Lipinski definition) is 6. The van der Waals surface area contributed by atoms with Crippen molar-refractivity contribution in [2.45, 2.75) is 33.3 Å². The largest absolute Gasteiger partial charge is 0.463 e. The van der Waals surface area contributed by atoms with Gasteiger partial charge in [0.25, 0.3) is 0 Å². The van der Waals surface area contributed by atoms with E-state index in [1.54, 1.807) is 45.9 Å². The monoisotopic (exact) mass is 560 g/mol. The van der Waals surface area contributed by atoms with Crippen molar-refractivity contribution in [1.82, 2.24) is 9.31 Å². The molecule has 1 heterocycles. The van der Waals surface area contributed by atoms with E-state index in [1.165, 1.54) is 15.4 Å². The predicted octanol–water partition coefficient (Wildman–Crippen LogP) is 4.40. The molecule has 0 bridgehead atoms. The van der Waals surface area contributed by atoms with Crippen molar-refractivity contribution in [3.8, 4) is 0 Å². The molecule has 0 saturated heterocycles. The normalized spacial score (nSPS) is 18.3. The summed E-state index contributed by atoms with van der Waals surface area (Å²) in [5, 5.41) is 6.91. The van der Waals surface area contributed by atoms with Crippen molar-refractivity contribution in [2.24, 2.45) is 9.50 Å². The van der Waals surface area contributed by atoms with E-state index < -0.39 is 21.8 Å². The molecule has 204 valence electrons. The Morgan fingerprint density at radius 1 is 1.13 bits per heavy atom. The third-order valence-electron chi connectivity index (χ3n) is 5.95. The molecule has 0 aromatic heterocycles. The Morgan fingerprint density at radius 3 is 2.39 bits per heavy atom. The van der Waals surface area contributed by atoms with E-state index in [0.717, 1.165) is 11.1 Å². The van der Waals surface area contributed by atoms with Crippen LogP contribution in [0, 0.1) is 0 Å². The predicted molar refractivity (Wildman–Crippen MR) is 149 cm³/mol. The Kier molecular flexibility index (Phi) is 10.2. The fourth-order valence-electron chi connectivity index (χ4n) is 4.09. The molecular weight excluding hydrogens is 528 g/mol. The van der Waals surface area contributed by atoms with Gasteiger partial charge in [-0.3, -0.25) is 0 Å². The average Bonchev–Trinajstić information content (AvgIpc) is 3.29. The van der Waals surface area contributed by atoms with E-state index in [9.17, 15) is 13.2 Å². The first-order valence-electron chi connectivity index (χ1n) is 12.4. The van der Waals surface area contributed by atoms with Gasteiger partial charge < -0.3 is 9.47 Å². The van der Waals surface area contributed by atoms with Crippen LogP contribution in [0.1, 0.15) is 38.8 Å². The summed E-state index contributed by atoms with van der Waals surface area (Å²) < 4.78 is 42.5. The number of hydrogen-bond donors (Lipinski definition) is 0. The van der Waals surface area contributed by atoms with Gasteiger partial charge in [0.05, 0.1) is 19.8 Å². The van der Waals surface area contributed by atoms with E-state index in [0.29, 0.717) is 23.8 Å². The van der Waals surface area contributed by atoms with Crippen molar-refractivity contribution >= 4 is 39.3 Å². The minimum absolute atomic E-state index is 0.0715. The molecule has 0 radical (unpaired) electrons. The van der Waals surface area contributed by atoms with Gasteiger partial charge in [-0.1, -0.05) is 74.0 Å². The van der Waals surface area contributed by atoms with Crippen molar-refractivity contribution in [2.75, 3.05) is 32.8 Å². The topological polar surface area (TPSA) is 101 Å². The number of carbonyl (C=O) groups excluding carboxylic acids is 1. The zero-order chi connectivity index (χ0) is 27.8. The lowest BCUT2D eigenvalue weighted by Crippen LogP contribution is -2.43. The third kappa shape index (κ3) is 6.87. The van der Waals surface area contributed by atoms with Crippen molar-refractivity contribution in [3.05, 3.63) is 82.9 Å². The molecule has 38 heavy (non-hydrogen) atoms. The maximum Gasteiger partial charge on any atom is 0.330 e. The first-order chi connectivity index (χ1) is 18.2. The van der Waals surface area contributed by atoms with Crippen LogP contribution < -0.4 is 0 Å². The molecule has 0 spiro atoms. The highest BCUT2D eigenvalue weighted by molar-refractivity contribution is 7.87. The zero-order valence-electron chi connectivity index (χ0n) is 22.0. The lowest BCUT2D eigenvalue weighted by Gasteiger charge is -2.31. The minimum Gasteiger partial charge on any atom is -0.463 e. The molecule has 2 aromatic rings. The number of nitrogens with zero attached hydrogens (tertiary/aromatic N) is 4. The maximum absolute atomic E-state index is 12.9. The van der Waals surface area contributed by atoms with Gasteiger partial charge in [0.2, 0.25) is 0 Å². The second kappa shape index (κ2) is 13.1. The van der Waals surface area contributed by atoms with Crippen molar-refractivity contribution in [3.63, 3.8) is 0 Å². The highest BCUT2D eigenvalue weighted by atomic mass is 35.5. The minimum atomic E-state index is -3.90. The molecule has 2 aromatic carbocycles. The van der Waals surface area contributed by atoms with Crippen LogP contribution in [0.2, 0.25) is 5.02 Å². The summed E-state index contributed by atoms with van der Waals surface area (Å²) in [4.78, 5) is 11.8. The Hall–Kier alpha value is -3.05. The van der Waals surface area contributed by atoms with Crippen molar-refractivity contribution in [1.29, 1.82) is 0 Å². The van der Waals surface area contributed by atoms with Gasteiger partial charge in [0, 0.05) is 29.8 Å². The lowest BCUT2D eigenvalue weighted by molar-refractivity contribution is -0.137. The zero-order valence-corrected chi connectivity index (χ0v) is 23.6. The number of esters is 1. The number of benzene rings is 2. The standard InChI is InChI=1S/C27H33ClN4O5S/c1-5-31(6-2)38(34,35)30-21(4)32-20-27(23-12-9-8-10-13-23,37-19-11-14-25(33)36-7-3)26(29-32)22-15-17-24(28)18-16-22/h8-18H,5-7,19-20H2,1-4H3/b14-11+,30-21?. The Bertz CT molecular complexity index is 1290. The Morgan fingerprint density at radius 2 is 1.79 bits per heavy atom. The van der Waals surface area contributed by atoms with Gasteiger partial charge in [-0.05, 0) is 31.5 Å². The van der Waals surface area contributed by atoms with E-state index >= 15 is 0 Å². The molecular formula is C27H33ClN4O5S. The first kappa shape index (κ1) is 29.5. The molecule has 0 saturated carbocycles. The average molecular weight is 561 g/mol. The lowest BCUT2D eigenvalue weighted by atomic mass is 9.85. The Balaban J connectivity index is 2.09. The molecule has 1 atom stereocenters. The van der Waals surface area contributed by atoms with Crippen LogP contribution in [0.15, 0.2) is 76.2 Å². The summed E-state index contributed by atoms with van der Waals surface area (Å²) >= 11 is 6.15. The van der Waals surface area contributed by atoms with Crippen LogP contribution in [0.4, 0.5) is 0 Å². The number of carbonyl (C=O) groups is 1. The molecule has 0 amide bonds. The molecule has 11 heteroatoms. The SMILES string of the molecule is CCOC(=O)/C=C/COC1(c2ccccc2)CN(C(C)=NS(=O)(=O)N(CC)CC)N=C1c1ccc(Cl)cc1. The maximum atomic E-state index is 12.9. The number of hydrazone groups is 1. The first-order valence-corrected chi connectivity index (χ1v) is 14.2.